The summed E-state index contributed by atoms with van der Waals surface area (Å²) in [6.07, 6.45) is 1.66. The number of cyclic esters (lactones) is 1. The first-order valence-corrected chi connectivity index (χ1v) is 9.63. The van der Waals surface area contributed by atoms with Crippen LogP contribution in [0.25, 0.3) is 6.08 Å². The van der Waals surface area contributed by atoms with Crippen molar-refractivity contribution in [1.29, 1.82) is 0 Å². The Balaban J connectivity index is 1.50. The molecule has 0 spiro atoms. The van der Waals surface area contributed by atoms with E-state index in [1.165, 1.54) is 7.11 Å². The summed E-state index contributed by atoms with van der Waals surface area (Å²) in [5, 5.41) is 0.494. The summed E-state index contributed by atoms with van der Waals surface area (Å²) in [6, 6.07) is 22.4. The molecule has 0 bridgehead atoms. The van der Waals surface area contributed by atoms with Crippen molar-refractivity contribution >= 4 is 29.5 Å². The fourth-order valence-electron chi connectivity index (χ4n) is 2.93. The molecule has 0 fully saturated rings. The van der Waals surface area contributed by atoms with Crippen LogP contribution in [-0.4, -0.2) is 19.0 Å². The third kappa shape index (κ3) is 4.53. The van der Waals surface area contributed by atoms with E-state index in [1.54, 1.807) is 24.3 Å². The smallest absolute Gasteiger partial charge is 0.363 e. The number of methoxy groups -OCH3 is 1. The molecule has 0 aromatic heterocycles. The standard InChI is InChI=1S/C24H18ClNO4/c1-28-22-12-9-18(25)14-20(22)23-26-21(24(27)30-23)13-16-7-10-19(11-8-16)29-15-17-5-3-2-4-6-17/h2-14H,15H2,1H3/b21-13-. The molecule has 6 heteroatoms. The highest BCUT2D eigenvalue weighted by molar-refractivity contribution is 6.31. The summed E-state index contributed by atoms with van der Waals surface area (Å²) in [4.78, 5) is 16.6. The van der Waals surface area contributed by atoms with Crippen LogP contribution in [0.1, 0.15) is 16.7 Å². The molecule has 1 aliphatic rings. The lowest BCUT2D eigenvalue weighted by Crippen LogP contribution is -2.07. The van der Waals surface area contributed by atoms with Gasteiger partial charge in [-0.25, -0.2) is 9.79 Å². The quantitative estimate of drug-likeness (QED) is 0.403. The second-order valence-electron chi connectivity index (χ2n) is 6.52. The molecule has 0 atom stereocenters. The van der Waals surface area contributed by atoms with Gasteiger partial charge in [0.1, 0.15) is 18.1 Å². The number of nitrogens with zero attached hydrogens (tertiary/aromatic N) is 1. The van der Waals surface area contributed by atoms with Crippen LogP contribution in [-0.2, 0) is 16.1 Å². The van der Waals surface area contributed by atoms with Gasteiger partial charge in [-0.1, -0.05) is 54.1 Å². The normalized spacial score (nSPS) is 14.4. The predicted octanol–water partition coefficient (Wildman–Crippen LogP) is 5.27. The zero-order valence-electron chi connectivity index (χ0n) is 16.2. The molecule has 3 aromatic carbocycles. The second-order valence-corrected chi connectivity index (χ2v) is 6.96. The third-order valence-corrected chi connectivity index (χ3v) is 4.68. The molecular weight excluding hydrogens is 402 g/mol. The SMILES string of the molecule is COc1ccc(Cl)cc1C1=N/C(=C\c2ccc(OCc3ccccc3)cc2)C(=O)O1. The van der Waals surface area contributed by atoms with Crippen LogP contribution in [0.3, 0.4) is 0 Å². The lowest BCUT2D eigenvalue weighted by molar-refractivity contribution is -0.129. The molecule has 150 valence electrons. The zero-order valence-corrected chi connectivity index (χ0v) is 16.9. The minimum atomic E-state index is -0.531. The Bertz CT molecular complexity index is 1120. The van der Waals surface area contributed by atoms with Crippen LogP contribution in [0.5, 0.6) is 11.5 Å². The maximum Gasteiger partial charge on any atom is 0.363 e. The summed E-state index contributed by atoms with van der Waals surface area (Å²) >= 11 is 6.06. The predicted molar refractivity (Wildman–Crippen MR) is 116 cm³/mol. The van der Waals surface area contributed by atoms with Crippen LogP contribution in [0, 0.1) is 0 Å². The highest BCUT2D eigenvalue weighted by Gasteiger charge is 2.26. The van der Waals surface area contributed by atoms with Gasteiger partial charge in [-0.2, -0.15) is 0 Å². The molecule has 3 aromatic rings. The van der Waals surface area contributed by atoms with Crippen LogP contribution >= 0.6 is 11.6 Å². The van der Waals surface area contributed by atoms with Crippen molar-refractivity contribution in [3.63, 3.8) is 0 Å². The molecule has 0 saturated carbocycles. The van der Waals surface area contributed by atoms with E-state index in [0.29, 0.717) is 22.9 Å². The van der Waals surface area contributed by atoms with E-state index < -0.39 is 5.97 Å². The van der Waals surface area contributed by atoms with Crippen LogP contribution in [0.15, 0.2) is 83.5 Å². The van der Waals surface area contributed by atoms with Crippen LogP contribution in [0.2, 0.25) is 5.02 Å². The Morgan fingerprint density at radius 1 is 1.03 bits per heavy atom. The van der Waals surface area contributed by atoms with Gasteiger partial charge < -0.3 is 14.2 Å². The summed E-state index contributed by atoms with van der Waals surface area (Å²) in [5.74, 6) is 0.889. The van der Waals surface area contributed by atoms with Crippen molar-refractivity contribution in [2.24, 2.45) is 4.99 Å². The number of hydrogen-bond donors (Lipinski definition) is 0. The molecule has 1 heterocycles. The van der Waals surface area contributed by atoms with Gasteiger partial charge in [-0.3, -0.25) is 0 Å². The number of hydrogen-bond acceptors (Lipinski definition) is 5. The third-order valence-electron chi connectivity index (χ3n) is 4.44. The molecule has 0 aliphatic carbocycles. The maximum atomic E-state index is 12.3. The first-order valence-electron chi connectivity index (χ1n) is 9.25. The summed E-state index contributed by atoms with van der Waals surface area (Å²) in [6.45, 7) is 0.489. The topological polar surface area (TPSA) is 57.1 Å². The van der Waals surface area contributed by atoms with Crippen molar-refractivity contribution in [3.05, 3.63) is 100 Å². The Labute approximate surface area is 179 Å². The van der Waals surface area contributed by atoms with E-state index in [2.05, 4.69) is 4.99 Å². The number of halogens is 1. The van der Waals surface area contributed by atoms with Crippen molar-refractivity contribution in [2.75, 3.05) is 7.11 Å². The molecular formula is C24H18ClNO4. The Hall–Kier alpha value is -3.57. The van der Waals surface area contributed by atoms with Gasteiger partial charge in [-0.15, -0.1) is 0 Å². The number of carbonyl (C=O) groups excluding carboxylic acids is 1. The van der Waals surface area contributed by atoms with Gasteiger partial charge in [0.15, 0.2) is 5.70 Å². The fraction of sp³-hybridized carbons (Fsp3) is 0.0833. The average molecular weight is 420 g/mol. The van der Waals surface area contributed by atoms with Gasteiger partial charge in [-0.05, 0) is 47.5 Å². The van der Waals surface area contributed by atoms with Gasteiger partial charge in [0.2, 0.25) is 5.90 Å². The summed E-state index contributed by atoms with van der Waals surface area (Å²) < 4.78 is 16.4. The highest BCUT2D eigenvalue weighted by Crippen LogP contribution is 2.28. The lowest BCUT2D eigenvalue weighted by atomic mass is 10.2. The van der Waals surface area contributed by atoms with Gasteiger partial charge in [0.05, 0.1) is 12.7 Å². The zero-order chi connectivity index (χ0) is 20.9. The molecule has 0 N–H and O–H groups in total. The van der Waals surface area contributed by atoms with Crippen LogP contribution in [0.4, 0.5) is 0 Å². The number of aliphatic imine (C=N–C) groups is 1. The molecule has 5 nitrogen and oxygen atoms in total. The average Bonchev–Trinajstić information content (AvgIpc) is 3.14. The molecule has 4 rings (SSSR count). The number of benzene rings is 3. The van der Waals surface area contributed by atoms with Gasteiger partial charge in [0.25, 0.3) is 0 Å². The summed E-state index contributed by atoms with van der Waals surface area (Å²) in [7, 11) is 1.53. The second kappa shape index (κ2) is 8.84. The number of rotatable bonds is 6. The minimum Gasteiger partial charge on any atom is -0.496 e. The lowest BCUT2D eigenvalue weighted by Gasteiger charge is -2.07. The van der Waals surface area contributed by atoms with Crippen LogP contribution < -0.4 is 9.47 Å². The van der Waals surface area contributed by atoms with E-state index in [1.807, 2.05) is 54.6 Å². The monoisotopic (exact) mass is 419 g/mol. The first-order chi connectivity index (χ1) is 14.6. The number of esters is 1. The van der Waals surface area contributed by atoms with Gasteiger partial charge >= 0.3 is 5.97 Å². The van der Waals surface area contributed by atoms with E-state index in [4.69, 9.17) is 25.8 Å². The maximum absolute atomic E-state index is 12.3. The number of ether oxygens (including phenoxy) is 3. The Morgan fingerprint density at radius 3 is 2.53 bits per heavy atom. The fourth-order valence-corrected chi connectivity index (χ4v) is 3.10. The Morgan fingerprint density at radius 2 is 1.80 bits per heavy atom. The highest BCUT2D eigenvalue weighted by atomic mass is 35.5. The van der Waals surface area contributed by atoms with Crippen molar-refractivity contribution in [3.8, 4) is 11.5 Å². The first kappa shape index (κ1) is 19.7. The van der Waals surface area contributed by atoms with E-state index in [0.717, 1.165) is 16.9 Å². The van der Waals surface area contributed by atoms with E-state index >= 15 is 0 Å². The Kier molecular flexibility index (Phi) is 5.82. The molecule has 0 amide bonds. The van der Waals surface area contributed by atoms with Crippen molar-refractivity contribution < 1.29 is 19.0 Å². The largest absolute Gasteiger partial charge is 0.496 e. The van der Waals surface area contributed by atoms with Gasteiger partial charge in [0, 0.05) is 5.02 Å². The van der Waals surface area contributed by atoms with E-state index in [-0.39, 0.29) is 11.6 Å². The molecule has 1 aliphatic heterocycles. The van der Waals surface area contributed by atoms with E-state index in [9.17, 15) is 4.79 Å². The van der Waals surface area contributed by atoms with Crippen molar-refractivity contribution in [1.82, 2.24) is 0 Å². The molecule has 0 saturated heterocycles. The molecule has 0 radical (unpaired) electrons. The molecule has 0 unspecified atom stereocenters. The van der Waals surface area contributed by atoms with Crippen molar-refractivity contribution in [2.45, 2.75) is 6.61 Å². The number of carbonyl (C=O) groups is 1. The minimum absolute atomic E-state index is 0.161. The molecule has 30 heavy (non-hydrogen) atoms. The summed E-state index contributed by atoms with van der Waals surface area (Å²) in [5.41, 5.74) is 2.61.